The normalized spacial score (nSPS) is 24.4. The number of piperidine rings is 1. The number of carbonyl (C=O) groups is 2. The number of nitrogens with two attached hydrogens (primary N) is 1. The maximum atomic E-state index is 12.5. The van der Waals surface area contributed by atoms with Crippen LogP contribution in [0.4, 0.5) is 4.79 Å². The molecule has 0 spiro atoms. The van der Waals surface area contributed by atoms with Gasteiger partial charge in [-0.15, -0.1) is 0 Å². The third-order valence-corrected chi connectivity index (χ3v) is 4.72. The molecule has 1 saturated heterocycles. The first kappa shape index (κ1) is 15.1. The van der Waals surface area contributed by atoms with Crippen molar-refractivity contribution in [3.63, 3.8) is 0 Å². The predicted molar refractivity (Wildman–Crippen MR) is 78.1 cm³/mol. The van der Waals surface area contributed by atoms with Crippen LogP contribution in [0.25, 0.3) is 0 Å². The zero-order valence-corrected chi connectivity index (χ0v) is 12.5. The second-order valence-corrected chi connectivity index (χ2v) is 6.35. The maximum Gasteiger partial charge on any atom is 0.314 e. The van der Waals surface area contributed by atoms with Crippen LogP contribution in [0.15, 0.2) is 0 Å². The number of carbonyl (C=O) groups excluding carboxylic acids is 2. The second kappa shape index (κ2) is 6.95. The van der Waals surface area contributed by atoms with Gasteiger partial charge in [0, 0.05) is 26.7 Å². The second-order valence-electron chi connectivity index (χ2n) is 6.35. The maximum absolute atomic E-state index is 12.5. The van der Waals surface area contributed by atoms with E-state index in [1.807, 2.05) is 11.9 Å². The predicted octanol–water partition coefficient (Wildman–Crippen LogP) is 1.82. The van der Waals surface area contributed by atoms with Crippen molar-refractivity contribution in [3.8, 4) is 0 Å². The molecule has 3 amide bonds. The van der Waals surface area contributed by atoms with Crippen molar-refractivity contribution in [2.24, 2.45) is 17.6 Å². The highest BCUT2D eigenvalue weighted by Gasteiger charge is 2.30. The molecule has 1 atom stereocenters. The van der Waals surface area contributed by atoms with Gasteiger partial charge in [0.05, 0.1) is 5.92 Å². The zero-order chi connectivity index (χ0) is 14.5. The Morgan fingerprint density at radius 3 is 2.50 bits per heavy atom. The van der Waals surface area contributed by atoms with E-state index in [1.54, 1.807) is 4.90 Å². The standard InChI is InChI=1S/C15H27N3O2/c1-17(10-12-6-3-2-4-7-12)14(19)13-8-5-9-18(11-13)15(16)20/h12-13H,2-11H2,1H3,(H2,16,20)/t13-/m1/s1. The van der Waals surface area contributed by atoms with E-state index in [-0.39, 0.29) is 11.8 Å². The highest BCUT2D eigenvalue weighted by molar-refractivity contribution is 5.80. The van der Waals surface area contributed by atoms with E-state index in [0.717, 1.165) is 19.4 Å². The van der Waals surface area contributed by atoms with Gasteiger partial charge >= 0.3 is 6.03 Å². The number of nitrogens with zero attached hydrogens (tertiary/aromatic N) is 2. The molecule has 2 N–H and O–H groups in total. The first-order chi connectivity index (χ1) is 9.58. The fourth-order valence-electron chi connectivity index (χ4n) is 3.54. The van der Waals surface area contributed by atoms with E-state index < -0.39 is 6.03 Å². The van der Waals surface area contributed by atoms with Crippen molar-refractivity contribution in [1.82, 2.24) is 9.80 Å². The summed E-state index contributed by atoms with van der Waals surface area (Å²) >= 11 is 0. The van der Waals surface area contributed by atoms with Crippen LogP contribution in [0, 0.1) is 11.8 Å². The van der Waals surface area contributed by atoms with Gasteiger partial charge in [0.1, 0.15) is 0 Å². The summed E-state index contributed by atoms with van der Waals surface area (Å²) in [6.07, 6.45) is 8.17. The number of likely N-dealkylation sites (tertiary alicyclic amines) is 1. The van der Waals surface area contributed by atoms with E-state index >= 15 is 0 Å². The van der Waals surface area contributed by atoms with E-state index in [9.17, 15) is 9.59 Å². The molecule has 1 heterocycles. The van der Waals surface area contributed by atoms with Gasteiger partial charge in [-0.1, -0.05) is 19.3 Å². The van der Waals surface area contributed by atoms with Gasteiger partial charge in [-0.3, -0.25) is 4.79 Å². The summed E-state index contributed by atoms with van der Waals surface area (Å²) in [6.45, 7) is 2.04. The molecule has 0 bridgehead atoms. The molecule has 1 aliphatic heterocycles. The monoisotopic (exact) mass is 281 g/mol. The average molecular weight is 281 g/mol. The highest BCUT2D eigenvalue weighted by atomic mass is 16.2. The Morgan fingerprint density at radius 1 is 1.15 bits per heavy atom. The minimum absolute atomic E-state index is 0.0650. The lowest BCUT2D eigenvalue weighted by Gasteiger charge is -2.34. The van der Waals surface area contributed by atoms with Gasteiger partial charge in [-0.05, 0) is 31.6 Å². The van der Waals surface area contributed by atoms with Crippen LogP contribution >= 0.6 is 0 Å². The Balaban J connectivity index is 1.84. The zero-order valence-electron chi connectivity index (χ0n) is 12.5. The summed E-state index contributed by atoms with van der Waals surface area (Å²) in [6, 6.07) is -0.405. The van der Waals surface area contributed by atoms with Crippen LogP contribution in [0.2, 0.25) is 0 Å². The smallest absolute Gasteiger partial charge is 0.314 e. The molecule has 0 aromatic carbocycles. The topological polar surface area (TPSA) is 66.6 Å². The van der Waals surface area contributed by atoms with E-state index in [1.165, 1.54) is 32.1 Å². The summed E-state index contributed by atoms with van der Waals surface area (Å²) in [5.74, 6) is 0.778. The summed E-state index contributed by atoms with van der Waals surface area (Å²) < 4.78 is 0. The molecule has 114 valence electrons. The van der Waals surface area contributed by atoms with Crippen LogP contribution < -0.4 is 5.73 Å². The van der Waals surface area contributed by atoms with Crippen molar-refractivity contribution in [3.05, 3.63) is 0 Å². The number of rotatable bonds is 3. The number of hydrogen-bond acceptors (Lipinski definition) is 2. The number of hydrogen-bond donors (Lipinski definition) is 1. The van der Waals surface area contributed by atoms with Gasteiger partial charge in [0.25, 0.3) is 0 Å². The highest BCUT2D eigenvalue weighted by Crippen LogP contribution is 2.25. The Labute approximate surface area is 121 Å². The summed E-state index contributed by atoms with van der Waals surface area (Å²) in [5, 5.41) is 0. The third-order valence-electron chi connectivity index (χ3n) is 4.72. The van der Waals surface area contributed by atoms with Gasteiger partial charge in [-0.2, -0.15) is 0 Å². The van der Waals surface area contributed by atoms with Crippen molar-refractivity contribution < 1.29 is 9.59 Å². The van der Waals surface area contributed by atoms with Crippen LogP contribution in [0.1, 0.15) is 44.9 Å². The van der Waals surface area contributed by atoms with Gasteiger partial charge in [-0.25, -0.2) is 4.79 Å². The Kier molecular flexibility index (Phi) is 5.26. The number of amides is 3. The first-order valence-electron chi connectivity index (χ1n) is 7.87. The SMILES string of the molecule is CN(CC1CCCCC1)C(=O)[C@@H]1CCCN(C(N)=O)C1. The van der Waals surface area contributed by atoms with Crippen LogP contribution in [0.5, 0.6) is 0 Å². The molecule has 2 fully saturated rings. The summed E-state index contributed by atoms with van der Waals surface area (Å²) in [7, 11) is 1.90. The van der Waals surface area contributed by atoms with Crippen LogP contribution in [-0.4, -0.2) is 48.4 Å². The fourth-order valence-corrected chi connectivity index (χ4v) is 3.54. The van der Waals surface area contributed by atoms with Gasteiger partial charge in [0.15, 0.2) is 0 Å². The molecule has 1 aliphatic carbocycles. The Morgan fingerprint density at radius 2 is 1.85 bits per heavy atom. The lowest BCUT2D eigenvalue weighted by Crippen LogP contribution is -2.48. The number of primary amides is 1. The van der Waals surface area contributed by atoms with E-state index in [4.69, 9.17) is 5.73 Å². The lowest BCUT2D eigenvalue weighted by atomic mass is 9.88. The molecule has 2 rings (SSSR count). The molecule has 20 heavy (non-hydrogen) atoms. The quantitative estimate of drug-likeness (QED) is 0.857. The molecule has 5 nitrogen and oxygen atoms in total. The van der Waals surface area contributed by atoms with Crippen molar-refractivity contribution in [1.29, 1.82) is 0 Å². The van der Waals surface area contributed by atoms with Crippen LogP contribution in [-0.2, 0) is 4.79 Å². The Bertz CT molecular complexity index is 353. The lowest BCUT2D eigenvalue weighted by molar-refractivity contribution is -0.136. The number of urea groups is 1. The van der Waals surface area contributed by atoms with Crippen molar-refractivity contribution in [2.45, 2.75) is 44.9 Å². The van der Waals surface area contributed by atoms with Crippen molar-refractivity contribution in [2.75, 3.05) is 26.7 Å². The third kappa shape index (κ3) is 3.87. The molecule has 0 aromatic heterocycles. The Hall–Kier alpha value is -1.26. The average Bonchev–Trinajstić information content (AvgIpc) is 2.47. The minimum Gasteiger partial charge on any atom is -0.351 e. The van der Waals surface area contributed by atoms with Crippen molar-refractivity contribution >= 4 is 11.9 Å². The molecule has 0 aromatic rings. The molecule has 2 aliphatic rings. The fraction of sp³-hybridized carbons (Fsp3) is 0.867. The molecule has 0 unspecified atom stereocenters. The molecular formula is C15H27N3O2. The molecule has 5 heteroatoms. The first-order valence-corrected chi connectivity index (χ1v) is 7.87. The summed E-state index contributed by atoms with van der Waals surface area (Å²) in [4.78, 5) is 27.2. The largest absolute Gasteiger partial charge is 0.351 e. The van der Waals surface area contributed by atoms with Gasteiger partial charge < -0.3 is 15.5 Å². The summed E-state index contributed by atoms with van der Waals surface area (Å²) in [5.41, 5.74) is 5.32. The minimum atomic E-state index is -0.405. The van der Waals surface area contributed by atoms with E-state index in [0.29, 0.717) is 19.0 Å². The molecule has 0 radical (unpaired) electrons. The molecule has 1 saturated carbocycles. The van der Waals surface area contributed by atoms with Gasteiger partial charge in [0.2, 0.25) is 5.91 Å². The van der Waals surface area contributed by atoms with Crippen LogP contribution in [0.3, 0.4) is 0 Å². The van der Waals surface area contributed by atoms with E-state index in [2.05, 4.69) is 0 Å². The molecular weight excluding hydrogens is 254 g/mol.